The van der Waals surface area contributed by atoms with Crippen LogP contribution in [0.2, 0.25) is 0 Å². The summed E-state index contributed by atoms with van der Waals surface area (Å²) in [6.45, 7) is 0. The molecule has 52 heavy (non-hydrogen) atoms. The van der Waals surface area contributed by atoms with Gasteiger partial charge in [-0.15, -0.1) is 0 Å². The highest BCUT2D eigenvalue weighted by atomic mass is 15.3. The zero-order chi connectivity index (χ0) is 34.2. The molecule has 11 rings (SSSR count). The monoisotopic (exact) mass is 661 g/mol. The summed E-state index contributed by atoms with van der Waals surface area (Å²) in [5, 5.41) is 17.3. The fraction of sp³-hybridized carbons (Fsp3) is 0. The lowest BCUT2D eigenvalue weighted by Crippen LogP contribution is -1.96. The number of rotatable bonds is 4. The molecular formula is C49H31N3. The van der Waals surface area contributed by atoms with Crippen molar-refractivity contribution in [3.63, 3.8) is 0 Å². The molecule has 0 radical (unpaired) electrons. The average molecular weight is 662 g/mol. The average Bonchev–Trinajstić information content (AvgIpc) is 3.85. The van der Waals surface area contributed by atoms with Gasteiger partial charge in [0, 0.05) is 33.6 Å². The Morgan fingerprint density at radius 3 is 1.81 bits per heavy atom. The van der Waals surface area contributed by atoms with Gasteiger partial charge in [0.15, 0.2) is 0 Å². The Hall–Kier alpha value is -6.97. The molecule has 0 N–H and O–H groups in total. The minimum Gasteiger partial charge on any atom is -0.309 e. The normalized spacial score (nSPS) is 11.8. The molecule has 0 aliphatic rings. The van der Waals surface area contributed by atoms with Crippen LogP contribution in [0.4, 0.5) is 0 Å². The third-order valence-electron chi connectivity index (χ3n) is 10.8. The topological polar surface area (TPSA) is 22.8 Å². The molecule has 0 amide bonds. The highest BCUT2D eigenvalue weighted by Gasteiger charge is 2.22. The van der Waals surface area contributed by atoms with Crippen molar-refractivity contribution in [1.82, 2.24) is 14.3 Å². The van der Waals surface area contributed by atoms with Gasteiger partial charge in [-0.25, -0.2) is 4.68 Å². The summed E-state index contributed by atoms with van der Waals surface area (Å²) < 4.78 is 4.42. The standard InChI is InChI=1S/C49H31N3/c1-2-15-35(16-3-1)51-31-34(30-50-51)32-25-27-36(28-26-32)52-46-24-11-10-22-43(46)47-42-21-9-7-19-40(42)45-29-44(38-23-12-14-33-13-4-5-17-37(33)38)39-18-6-8-20-41(39)48(45)49(47)52/h1-31H. The van der Waals surface area contributed by atoms with Crippen molar-refractivity contribution in [3.05, 3.63) is 188 Å². The number of aromatic nitrogens is 3. The number of para-hydroxylation sites is 2. The SMILES string of the molecule is c1ccc(-n2cc(-c3ccc(-n4c5ccccc5c5c6ccccc6c6cc(-c7cccc8ccccc78)c7ccccc7c6c54)cc3)cn2)cc1. The van der Waals surface area contributed by atoms with Crippen LogP contribution in [0.3, 0.4) is 0 Å². The van der Waals surface area contributed by atoms with E-state index in [4.69, 9.17) is 0 Å². The molecule has 2 aromatic heterocycles. The predicted octanol–water partition coefficient (Wildman–Crippen LogP) is 12.9. The van der Waals surface area contributed by atoms with Gasteiger partial charge in [-0.1, -0.05) is 140 Å². The Morgan fingerprint density at radius 2 is 1.00 bits per heavy atom. The van der Waals surface area contributed by atoms with Gasteiger partial charge in [-0.2, -0.15) is 5.10 Å². The van der Waals surface area contributed by atoms with Crippen molar-refractivity contribution in [3.8, 4) is 33.6 Å². The Bertz CT molecular complexity index is 3160. The molecule has 3 heteroatoms. The maximum absolute atomic E-state index is 4.67. The fourth-order valence-corrected chi connectivity index (χ4v) is 8.48. The van der Waals surface area contributed by atoms with E-state index in [1.165, 1.54) is 76.0 Å². The van der Waals surface area contributed by atoms with E-state index >= 15 is 0 Å². The van der Waals surface area contributed by atoms with Crippen molar-refractivity contribution in [2.45, 2.75) is 0 Å². The summed E-state index contributed by atoms with van der Waals surface area (Å²) in [7, 11) is 0. The molecule has 0 bridgehead atoms. The Kier molecular flexibility index (Phi) is 6.25. The Morgan fingerprint density at radius 1 is 0.385 bits per heavy atom. The van der Waals surface area contributed by atoms with E-state index in [1.54, 1.807) is 0 Å². The number of benzene rings is 9. The van der Waals surface area contributed by atoms with Gasteiger partial charge >= 0.3 is 0 Å². The molecule has 242 valence electrons. The van der Waals surface area contributed by atoms with Crippen molar-refractivity contribution in [2.24, 2.45) is 0 Å². The van der Waals surface area contributed by atoms with Crippen molar-refractivity contribution in [2.75, 3.05) is 0 Å². The molecular weight excluding hydrogens is 631 g/mol. The van der Waals surface area contributed by atoms with Gasteiger partial charge in [-0.3, -0.25) is 0 Å². The first-order valence-electron chi connectivity index (χ1n) is 17.8. The highest BCUT2D eigenvalue weighted by molar-refractivity contribution is 6.37. The van der Waals surface area contributed by atoms with Crippen LogP contribution >= 0.6 is 0 Å². The largest absolute Gasteiger partial charge is 0.309 e. The van der Waals surface area contributed by atoms with Crippen LogP contribution in [-0.2, 0) is 0 Å². The Labute approximate surface area is 300 Å². The maximum atomic E-state index is 4.67. The predicted molar refractivity (Wildman–Crippen MR) is 219 cm³/mol. The molecule has 0 atom stereocenters. The van der Waals surface area contributed by atoms with Crippen LogP contribution in [0.5, 0.6) is 0 Å². The van der Waals surface area contributed by atoms with E-state index in [9.17, 15) is 0 Å². The van der Waals surface area contributed by atoms with Crippen LogP contribution in [0, 0.1) is 0 Å². The van der Waals surface area contributed by atoms with Crippen LogP contribution in [0.1, 0.15) is 0 Å². The van der Waals surface area contributed by atoms with Crippen LogP contribution in [-0.4, -0.2) is 14.3 Å². The quantitative estimate of drug-likeness (QED) is 0.172. The second kappa shape index (κ2) is 11.3. The molecule has 0 unspecified atom stereocenters. The number of hydrogen-bond donors (Lipinski definition) is 0. The molecule has 0 saturated heterocycles. The molecule has 0 aliphatic heterocycles. The molecule has 3 nitrogen and oxygen atoms in total. The summed E-state index contributed by atoms with van der Waals surface area (Å²) in [5.41, 5.74) is 9.34. The van der Waals surface area contributed by atoms with Gasteiger partial charge in [0.05, 0.1) is 22.9 Å². The molecule has 2 heterocycles. The lowest BCUT2D eigenvalue weighted by molar-refractivity contribution is 0.881. The van der Waals surface area contributed by atoms with Gasteiger partial charge in [0.2, 0.25) is 0 Å². The lowest BCUT2D eigenvalue weighted by Gasteiger charge is -2.17. The van der Waals surface area contributed by atoms with Crippen molar-refractivity contribution in [1.29, 1.82) is 0 Å². The van der Waals surface area contributed by atoms with Gasteiger partial charge in [0.25, 0.3) is 0 Å². The van der Waals surface area contributed by atoms with E-state index in [1.807, 2.05) is 29.1 Å². The van der Waals surface area contributed by atoms with E-state index < -0.39 is 0 Å². The zero-order valence-electron chi connectivity index (χ0n) is 28.2. The van der Waals surface area contributed by atoms with Gasteiger partial charge in [0.1, 0.15) is 0 Å². The third-order valence-corrected chi connectivity index (χ3v) is 10.8. The van der Waals surface area contributed by atoms with E-state index in [-0.39, 0.29) is 0 Å². The second-order valence-electron chi connectivity index (χ2n) is 13.6. The van der Waals surface area contributed by atoms with Crippen LogP contribution < -0.4 is 0 Å². The summed E-state index contributed by atoms with van der Waals surface area (Å²) in [5.74, 6) is 0. The zero-order valence-corrected chi connectivity index (χ0v) is 28.2. The Balaban J connectivity index is 1.22. The molecule has 0 fully saturated rings. The summed E-state index contributed by atoms with van der Waals surface area (Å²) in [6.07, 6.45) is 4.05. The maximum Gasteiger partial charge on any atom is 0.0645 e. The first-order valence-corrected chi connectivity index (χ1v) is 17.8. The lowest BCUT2D eigenvalue weighted by atomic mass is 9.87. The van der Waals surface area contributed by atoms with Crippen LogP contribution in [0.25, 0.3) is 98.5 Å². The van der Waals surface area contributed by atoms with Crippen molar-refractivity contribution >= 4 is 64.9 Å². The van der Waals surface area contributed by atoms with E-state index in [0.717, 1.165) is 22.5 Å². The second-order valence-corrected chi connectivity index (χ2v) is 13.6. The van der Waals surface area contributed by atoms with E-state index in [0.29, 0.717) is 0 Å². The fourth-order valence-electron chi connectivity index (χ4n) is 8.48. The molecule has 9 aromatic carbocycles. The van der Waals surface area contributed by atoms with Crippen LogP contribution in [0.15, 0.2) is 188 Å². The molecule has 0 aliphatic carbocycles. The number of hydrogen-bond acceptors (Lipinski definition) is 1. The number of fused-ring (bicyclic) bond motifs is 11. The summed E-state index contributed by atoms with van der Waals surface area (Å²) in [6, 6.07) is 63.9. The van der Waals surface area contributed by atoms with E-state index in [2.05, 4.69) is 174 Å². The minimum absolute atomic E-state index is 1.05. The van der Waals surface area contributed by atoms with Gasteiger partial charge < -0.3 is 4.57 Å². The highest BCUT2D eigenvalue weighted by Crippen LogP contribution is 2.47. The number of nitrogens with zero attached hydrogens (tertiary/aromatic N) is 3. The molecule has 11 aromatic rings. The molecule has 0 spiro atoms. The minimum atomic E-state index is 1.05. The van der Waals surface area contributed by atoms with Gasteiger partial charge in [-0.05, 0) is 90.8 Å². The summed E-state index contributed by atoms with van der Waals surface area (Å²) in [4.78, 5) is 0. The van der Waals surface area contributed by atoms with Crippen molar-refractivity contribution < 1.29 is 0 Å². The smallest absolute Gasteiger partial charge is 0.0645 e. The molecule has 0 saturated carbocycles. The first-order chi connectivity index (χ1) is 25.8. The summed E-state index contributed by atoms with van der Waals surface area (Å²) >= 11 is 0. The third kappa shape index (κ3) is 4.23. The first kappa shape index (κ1) is 28.8.